The van der Waals surface area contributed by atoms with Crippen LogP contribution in [0.5, 0.6) is 0 Å². The topological polar surface area (TPSA) is 93.7 Å². The van der Waals surface area contributed by atoms with Gasteiger partial charge in [0.2, 0.25) is 15.9 Å². The molecule has 0 saturated carbocycles. The number of carbonyl (C=O) groups is 1. The third-order valence-electron chi connectivity index (χ3n) is 3.15. The fourth-order valence-corrected chi connectivity index (χ4v) is 3.27. The van der Waals surface area contributed by atoms with E-state index >= 15 is 0 Å². The van der Waals surface area contributed by atoms with E-state index < -0.39 is 10.0 Å². The largest absolute Gasteiger partial charge is 0.383 e. The van der Waals surface area contributed by atoms with Gasteiger partial charge in [-0.25, -0.2) is 13.1 Å². The molecule has 2 N–H and O–H groups in total. The monoisotopic (exact) mass is 372 g/mol. The highest BCUT2D eigenvalue weighted by Gasteiger charge is 2.17. The molecule has 7 nitrogen and oxygen atoms in total. The molecule has 1 aromatic carbocycles. The molecule has 0 fully saturated rings. The van der Waals surface area contributed by atoms with Crippen molar-refractivity contribution in [1.82, 2.24) is 4.72 Å². The van der Waals surface area contributed by atoms with Gasteiger partial charge in [-0.1, -0.05) is 13.8 Å². The molecule has 1 atom stereocenters. The molecule has 0 radical (unpaired) electrons. The Hall–Kier alpha value is -1.48. The number of ether oxygens (including phenoxy) is 2. The van der Waals surface area contributed by atoms with Crippen LogP contribution < -0.4 is 10.0 Å². The number of carbonyl (C=O) groups excluding carboxylic acids is 1. The summed E-state index contributed by atoms with van der Waals surface area (Å²) in [4.78, 5) is 12.0. The summed E-state index contributed by atoms with van der Waals surface area (Å²) in [6.07, 6.45) is 0.253. The summed E-state index contributed by atoms with van der Waals surface area (Å²) in [7, 11) is -2.11. The van der Waals surface area contributed by atoms with Gasteiger partial charge in [0, 0.05) is 25.4 Å². The number of nitrogens with one attached hydrogen (secondary N) is 2. The van der Waals surface area contributed by atoms with E-state index in [1.165, 1.54) is 19.2 Å². The van der Waals surface area contributed by atoms with E-state index in [1.807, 2.05) is 13.8 Å². The van der Waals surface area contributed by atoms with Crippen molar-refractivity contribution in [2.75, 3.05) is 32.2 Å². The highest BCUT2D eigenvalue weighted by Crippen LogP contribution is 2.14. The number of hydrogen-bond donors (Lipinski definition) is 2. The van der Waals surface area contributed by atoms with Crippen LogP contribution in [0.15, 0.2) is 29.2 Å². The Kier molecular flexibility index (Phi) is 9.05. The zero-order chi connectivity index (χ0) is 18.9. The SMILES string of the molecule is COCC(C)NS(=O)(=O)c1ccc(NC(=O)CCOCC(C)C)cc1. The van der Waals surface area contributed by atoms with Crippen LogP contribution in [0.4, 0.5) is 5.69 Å². The van der Waals surface area contributed by atoms with E-state index in [4.69, 9.17) is 9.47 Å². The summed E-state index contributed by atoms with van der Waals surface area (Å²) in [5, 5.41) is 2.72. The van der Waals surface area contributed by atoms with E-state index in [0.717, 1.165) is 0 Å². The normalized spacial score (nSPS) is 13.0. The molecule has 8 heteroatoms. The minimum Gasteiger partial charge on any atom is -0.383 e. The first kappa shape index (κ1) is 21.6. The van der Waals surface area contributed by atoms with Crippen LogP contribution in [0.3, 0.4) is 0 Å². The van der Waals surface area contributed by atoms with Gasteiger partial charge in [-0.3, -0.25) is 4.79 Å². The molecule has 0 aliphatic heterocycles. The summed E-state index contributed by atoms with van der Waals surface area (Å²) < 4.78 is 37.2. The maximum absolute atomic E-state index is 12.2. The van der Waals surface area contributed by atoms with E-state index in [9.17, 15) is 13.2 Å². The number of rotatable bonds is 11. The zero-order valence-electron chi connectivity index (χ0n) is 15.2. The second-order valence-corrected chi connectivity index (χ2v) is 7.98. The van der Waals surface area contributed by atoms with Gasteiger partial charge in [0.05, 0.1) is 24.5 Å². The highest BCUT2D eigenvalue weighted by atomic mass is 32.2. The molecule has 1 rings (SSSR count). The molecule has 1 unspecified atom stereocenters. The van der Waals surface area contributed by atoms with Crippen molar-refractivity contribution in [1.29, 1.82) is 0 Å². The summed E-state index contributed by atoms with van der Waals surface area (Å²) in [5.41, 5.74) is 0.540. The lowest BCUT2D eigenvalue weighted by Gasteiger charge is -2.13. The second kappa shape index (κ2) is 10.5. The molecule has 1 aromatic rings. The third kappa shape index (κ3) is 8.44. The molecular formula is C17H28N2O5S. The molecule has 0 aromatic heterocycles. The number of hydrogen-bond acceptors (Lipinski definition) is 5. The molecular weight excluding hydrogens is 344 g/mol. The molecule has 0 aliphatic carbocycles. The fraction of sp³-hybridized carbons (Fsp3) is 0.588. The third-order valence-corrected chi connectivity index (χ3v) is 4.75. The van der Waals surface area contributed by atoms with E-state index in [2.05, 4.69) is 10.0 Å². The standard InChI is InChI=1S/C17H28N2O5S/c1-13(2)11-24-10-9-17(20)18-15-5-7-16(8-6-15)25(21,22)19-14(3)12-23-4/h5-8,13-14,19H,9-12H2,1-4H3,(H,18,20). The first-order valence-corrected chi connectivity index (χ1v) is 9.72. The predicted molar refractivity (Wildman–Crippen MR) is 97.0 cm³/mol. The average molecular weight is 372 g/mol. The van der Waals surface area contributed by atoms with Gasteiger partial charge in [-0.05, 0) is 37.1 Å². The second-order valence-electron chi connectivity index (χ2n) is 6.27. The Morgan fingerprint density at radius 3 is 2.32 bits per heavy atom. The van der Waals surface area contributed by atoms with Crippen molar-refractivity contribution in [2.24, 2.45) is 5.92 Å². The van der Waals surface area contributed by atoms with Crippen LogP contribution in [0.25, 0.3) is 0 Å². The predicted octanol–water partition coefficient (Wildman–Crippen LogP) is 2.00. The van der Waals surface area contributed by atoms with Crippen LogP contribution in [0.2, 0.25) is 0 Å². The lowest BCUT2D eigenvalue weighted by Crippen LogP contribution is -2.35. The van der Waals surface area contributed by atoms with Crippen LogP contribution in [-0.4, -0.2) is 47.3 Å². The van der Waals surface area contributed by atoms with Crippen molar-refractivity contribution in [2.45, 2.75) is 38.1 Å². The average Bonchev–Trinajstić information content (AvgIpc) is 2.51. The molecule has 142 valence electrons. The van der Waals surface area contributed by atoms with Crippen LogP contribution in [-0.2, 0) is 24.3 Å². The van der Waals surface area contributed by atoms with Crippen molar-refractivity contribution in [3.8, 4) is 0 Å². The maximum atomic E-state index is 12.2. The van der Waals surface area contributed by atoms with Gasteiger partial charge in [-0.2, -0.15) is 0 Å². The van der Waals surface area contributed by atoms with Crippen LogP contribution in [0.1, 0.15) is 27.2 Å². The van der Waals surface area contributed by atoms with Gasteiger partial charge >= 0.3 is 0 Å². The molecule has 1 amide bonds. The summed E-state index contributed by atoms with van der Waals surface area (Å²) in [6.45, 7) is 7.07. The van der Waals surface area contributed by atoms with E-state index in [1.54, 1.807) is 19.1 Å². The van der Waals surface area contributed by atoms with Gasteiger partial charge in [0.1, 0.15) is 0 Å². The van der Waals surface area contributed by atoms with Gasteiger partial charge in [0.15, 0.2) is 0 Å². The quantitative estimate of drug-likeness (QED) is 0.580. The minimum absolute atomic E-state index is 0.133. The van der Waals surface area contributed by atoms with Crippen molar-refractivity contribution >= 4 is 21.6 Å². The molecule has 0 heterocycles. The van der Waals surface area contributed by atoms with E-state index in [0.29, 0.717) is 24.8 Å². The van der Waals surface area contributed by atoms with Gasteiger partial charge < -0.3 is 14.8 Å². The first-order chi connectivity index (χ1) is 11.7. The highest BCUT2D eigenvalue weighted by molar-refractivity contribution is 7.89. The molecule has 0 saturated heterocycles. The smallest absolute Gasteiger partial charge is 0.240 e. The van der Waals surface area contributed by atoms with Crippen LogP contribution >= 0.6 is 0 Å². The first-order valence-electron chi connectivity index (χ1n) is 8.23. The zero-order valence-corrected chi connectivity index (χ0v) is 16.1. The maximum Gasteiger partial charge on any atom is 0.240 e. The lowest BCUT2D eigenvalue weighted by atomic mass is 10.2. The number of benzene rings is 1. The van der Waals surface area contributed by atoms with Crippen molar-refractivity contribution < 1.29 is 22.7 Å². The summed E-state index contributed by atoms with van der Waals surface area (Å²) in [6, 6.07) is 5.69. The van der Waals surface area contributed by atoms with Gasteiger partial charge in [-0.15, -0.1) is 0 Å². The Bertz CT molecular complexity index is 629. The lowest BCUT2D eigenvalue weighted by molar-refractivity contribution is -0.117. The Morgan fingerprint density at radius 2 is 1.76 bits per heavy atom. The molecule has 0 spiro atoms. The van der Waals surface area contributed by atoms with Crippen LogP contribution in [0, 0.1) is 5.92 Å². The molecule has 0 aliphatic rings. The number of sulfonamides is 1. The molecule has 0 bridgehead atoms. The Balaban J connectivity index is 2.54. The fourth-order valence-electron chi connectivity index (χ4n) is 2.04. The molecule has 25 heavy (non-hydrogen) atoms. The van der Waals surface area contributed by atoms with E-state index in [-0.39, 0.29) is 29.9 Å². The number of anilines is 1. The van der Waals surface area contributed by atoms with Crippen molar-refractivity contribution in [3.05, 3.63) is 24.3 Å². The summed E-state index contributed by atoms with van der Waals surface area (Å²) in [5.74, 6) is 0.254. The number of amides is 1. The Morgan fingerprint density at radius 1 is 1.12 bits per heavy atom. The Labute approximate surface area is 150 Å². The number of methoxy groups -OCH3 is 1. The summed E-state index contributed by atoms with van der Waals surface area (Å²) >= 11 is 0. The van der Waals surface area contributed by atoms with Gasteiger partial charge in [0.25, 0.3) is 0 Å². The van der Waals surface area contributed by atoms with Crippen molar-refractivity contribution in [3.63, 3.8) is 0 Å². The minimum atomic E-state index is -3.62.